The molecule has 0 unspecified atom stereocenters. The lowest BCUT2D eigenvalue weighted by molar-refractivity contribution is -0.136. The van der Waals surface area contributed by atoms with Gasteiger partial charge in [0.05, 0.1) is 0 Å². The van der Waals surface area contributed by atoms with E-state index >= 15 is 0 Å². The van der Waals surface area contributed by atoms with Gasteiger partial charge in [0.15, 0.2) is 0 Å². The summed E-state index contributed by atoms with van der Waals surface area (Å²) in [6.45, 7) is 2.07. The molecule has 2 atom stereocenters. The van der Waals surface area contributed by atoms with Crippen LogP contribution in [-0.4, -0.2) is 28.5 Å². The quantitative estimate of drug-likeness (QED) is 0.896. The number of nitrogens with zero attached hydrogens (tertiary/aromatic N) is 1. The lowest BCUT2D eigenvalue weighted by atomic mass is 10.0. The van der Waals surface area contributed by atoms with Crippen LogP contribution in [0.4, 0.5) is 5.69 Å². The molecule has 1 N–H and O–H groups in total. The summed E-state index contributed by atoms with van der Waals surface area (Å²) in [6.07, 6.45) is 2.11. The molecule has 2 heterocycles. The molecule has 4 nitrogen and oxygen atoms in total. The topological polar surface area (TPSA) is 49.4 Å². The van der Waals surface area contributed by atoms with Crippen molar-refractivity contribution in [2.45, 2.75) is 37.1 Å². The SMILES string of the molecule is CCc1ccccc1NC(=O)[C@H]1CS[C@@]2(c3ccccc3)CCC(=O)N12. The van der Waals surface area contributed by atoms with Crippen molar-refractivity contribution in [2.75, 3.05) is 11.1 Å². The second kappa shape index (κ2) is 6.80. The van der Waals surface area contributed by atoms with Gasteiger partial charge in [-0.15, -0.1) is 11.8 Å². The Labute approximate surface area is 158 Å². The van der Waals surface area contributed by atoms with Crippen LogP contribution in [-0.2, 0) is 20.9 Å². The third-order valence-electron chi connectivity index (χ3n) is 5.31. The molecule has 4 rings (SSSR count). The maximum atomic E-state index is 13.0. The van der Waals surface area contributed by atoms with Gasteiger partial charge in [0.2, 0.25) is 11.8 Å². The number of hydrogen-bond donors (Lipinski definition) is 1. The van der Waals surface area contributed by atoms with Gasteiger partial charge >= 0.3 is 0 Å². The predicted octanol–water partition coefficient (Wildman–Crippen LogP) is 3.78. The number of aryl methyl sites for hydroxylation is 1. The molecule has 2 amide bonds. The molecular formula is C21H22N2O2S. The Morgan fingerprint density at radius 1 is 1.19 bits per heavy atom. The Hall–Kier alpha value is -2.27. The van der Waals surface area contributed by atoms with Crippen LogP contribution in [0.25, 0.3) is 0 Å². The highest BCUT2D eigenvalue weighted by atomic mass is 32.2. The number of amides is 2. The minimum absolute atomic E-state index is 0.0720. The summed E-state index contributed by atoms with van der Waals surface area (Å²) >= 11 is 1.72. The molecule has 0 aromatic heterocycles. The lowest BCUT2D eigenvalue weighted by Crippen LogP contribution is -2.48. The fourth-order valence-electron chi connectivity index (χ4n) is 4.00. The number of nitrogens with one attached hydrogen (secondary N) is 1. The third-order valence-corrected chi connectivity index (χ3v) is 6.91. The molecule has 2 aromatic carbocycles. The maximum Gasteiger partial charge on any atom is 0.248 e. The molecule has 26 heavy (non-hydrogen) atoms. The Balaban J connectivity index is 1.62. The summed E-state index contributed by atoms with van der Waals surface area (Å²) in [5, 5.41) is 3.06. The van der Waals surface area contributed by atoms with Crippen molar-refractivity contribution in [3.63, 3.8) is 0 Å². The first-order valence-electron chi connectivity index (χ1n) is 9.06. The van der Waals surface area contributed by atoms with Crippen molar-refractivity contribution in [3.8, 4) is 0 Å². The highest BCUT2D eigenvalue weighted by molar-refractivity contribution is 8.00. The normalized spacial score (nSPS) is 24.6. The summed E-state index contributed by atoms with van der Waals surface area (Å²) in [7, 11) is 0. The van der Waals surface area contributed by atoms with Crippen molar-refractivity contribution in [2.24, 2.45) is 0 Å². The number of rotatable bonds is 4. The van der Waals surface area contributed by atoms with Crippen molar-refractivity contribution in [1.29, 1.82) is 0 Å². The molecule has 0 radical (unpaired) electrons. The van der Waals surface area contributed by atoms with E-state index < -0.39 is 10.9 Å². The zero-order valence-corrected chi connectivity index (χ0v) is 15.6. The van der Waals surface area contributed by atoms with Crippen LogP contribution in [0, 0.1) is 0 Å². The molecule has 2 aliphatic heterocycles. The van der Waals surface area contributed by atoms with Gasteiger partial charge in [0.25, 0.3) is 0 Å². The minimum atomic E-state index is -0.430. The molecule has 5 heteroatoms. The van der Waals surface area contributed by atoms with Crippen LogP contribution in [0.5, 0.6) is 0 Å². The largest absolute Gasteiger partial charge is 0.324 e. The van der Waals surface area contributed by atoms with E-state index in [9.17, 15) is 9.59 Å². The maximum absolute atomic E-state index is 13.0. The molecule has 0 bridgehead atoms. The van der Waals surface area contributed by atoms with E-state index in [0.29, 0.717) is 12.2 Å². The molecule has 2 saturated heterocycles. The van der Waals surface area contributed by atoms with E-state index in [1.54, 1.807) is 11.8 Å². The van der Waals surface area contributed by atoms with Crippen molar-refractivity contribution in [3.05, 3.63) is 65.7 Å². The van der Waals surface area contributed by atoms with E-state index in [2.05, 4.69) is 24.4 Å². The predicted molar refractivity (Wildman–Crippen MR) is 105 cm³/mol. The summed E-state index contributed by atoms with van der Waals surface area (Å²) in [6, 6.07) is 17.5. The lowest BCUT2D eigenvalue weighted by Gasteiger charge is -2.34. The number of thioether (sulfide) groups is 1. The van der Waals surface area contributed by atoms with Crippen LogP contribution in [0.1, 0.15) is 30.9 Å². The Kier molecular flexibility index (Phi) is 4.49. The zero-order chi connectivity index (χ0) is 18.1. The fourth-order valence-corrected chi connectivity index (χ4v) is 5.65. The molecule has 2 aromatic rings. The van der Waals surface area contributed by atoms with Gasteiger partial charge < -0.3 is 10.2 Å². The molecular weight excluding hydrogens is 344 g/mol. The van der Waals surface area contributed by atoms with Crippen molar-refractivity contribution in [1.82, 2.24) is 4.90 Å². The summed E-state index contributed by atoms with van der Waals surface area (Å²) in [5.41, 5.74) is 3.06. The van der Waals surface area contributed by atoms with E-state index in [1.807, 2.05) is 47.4 Å². The van der Waals surface area contributed by atoms with E-state index in [4.69, 9.17) is 0 Å². The first-order chi connectivity index (χ1) is 12.7. The number of anilines is 1. The van der Waals surface area contributed by atoms with Gasteiger partial charge in [-0.3, -0.25) is 9.59 Å². The highest BCUT2D eigenvalue weighted by Gasteiger charge is 2.56. The van der Waals surface area contributed by atoms with Crippen LogP contribution in [0.3, 0.4) is 0 Å². The number of carbonyl (C=O) groups is 2. The molecule has 2 fully saturated rings. The number of fused-ring (bicyclic) bond motifs is 1. The summed E-state index contributed by atoms with van der Waals surface area (Å²) < 4.78 is 0. The van der Waals surface area contributed by atoms with Gasteiger partial charge in [-0.2, -0.15) is 0 Å². The molecule has 2 aliphatic rings. The monoisotopic (exact) mass is 366 g/mol. The van der Waals surface area contributed by atoms with Crippen LogP contribution >= 0.6 is 11.8 Å². The standard InChI is InChI=1S/C21H22N2O2S/c1-2-15-8-6-7-11-17(15)22-20(25)18-14-26-21(13-12-19(24)23(18)21)16-9-4-3-5-10-16/h3-11,18H,2,12-14H2,1H3,(H,22,25)/t18-,21-/m1/s1. The molecule has 0 saturated carbocycles. The fraction of sp³-hybridized carbons (Fsp3) is 0.333. The molecule has 0 aliphatic carbocycles. The first-order valence-corrected chi connectivity index (χ1v) is 10.0. The average molecular weight is 366 g/mol. The Morgan fingerprint density at radius 2 is 1.92 bits per heavy atom. The van der Waals surface area contributed by atoms with Gasteiger partial charge in [0, 0.05) is 17.9 Å². The van der Waals surface area contributed by atoms with Gasteiger partial charge in [-0.25, -0.2) is 0 Å². The summed E-state index contributed by atoms with van der Waals surface area (Å²) in [4.78, 5) is 27.1. The molecule has 134 valence electrons. The first kappa shape index (κ1) is 17.2. The van der Waals surface area contributed by atoms with Crippen LogP contribution in [0.15, 0.2) is 54.6 Å². The van der Waals surface area contributed by atoms with Crippen molar-refractivity contribution >= 4 is 29.3 Å². The third kappa shape index (κ3) is 2.71. The highest BCUT2D eigenvalue weighted by Crippen LogP contribution is 2.54. The van der Waals surface area contributed by atoms with Gasteiger partial charge in [0.1, 0.15) is 10.9 Å². The van der Waals surface area contributed by atoms with Crippen molar-refractivity contribution < 1.29 is 9.59 Å². The van der Waals surface area contributed by atoms with E-state index in [0.717, 1.165) is 29.7 Å². The van der Waals surface area contributed by atoms with Crippen LogP contribution in [0.2, 0.25) is 0 Å². The Morgan fingerprint density at radius 3 is 2.69 bits per heavy atom. The van der Waals surface area contributed by atoms with Gasteiger partial charge in [-0.05, 0) is 30.0 Å². The molecule has 0 spiro atoms. The second-order valence-electron chi connectivity index (χ2n) is 6.74. The number of para-hydroxylation sites is 1. The Bertz CT molecular complexity index is 839. The second-order valence-corrected chi connectivity index (χ2v) is 8.04. The van der Waals surface area contributed by atoms with E-state index in [-0.39, 0.29) is 11.8 Å². The average Bonchev–Trinajstić information content (AvgIpc) is 3.22. The minimum Gasteiger partial charge on any atom is -0.324 e. The van der Waals surface area contributed by atoms with Crippen LogP contribution < -0.4 is 5.32 Å². The zero-order valence-electron chi connectivity index (χ0n) is 14.8. The van der Waals surface area contributed by atoms with Gasteiger partial charge in [-0.1, -0.05) is 55.5 Å². The number of carbonyl (C=O) groups excluding carboxylic acids is 2. The number of hydrogen-bond acceptors (Lipinski definition) is 3. The summed E-state index contributed by atoms with van der Waals surface area (Å²) in [5.74, 6) is 0.607. The smallest absolute Gasteiger partial charge is 0.248 e. The van der Waals surface area contributed by atoms with E-state index in [1.165, 1.54) is 0 Å². The number of benzene rings is 2.